The lowest BCUT2D eigenvalue weighted by molar-refractivity contribution is 0.396. The third-order valence-electron chi connectivity index (χ3n) is 4.30. The number of fused-ring (bicyclic) bond motifs is 3. The maximum Gasteiger partial charge on any atom is 0.256 e. The summed E-state index contributed by atoms with van der Waals surface area (Å²) in [6, 6.07) is 11.7. The van der Waals surface area contributed by atoms with Gasteiger partial charge in [-0.3, -0.25) is 4.79 Å². The molecule has 2 aromatic carbocycles. The average Bonchev–Trinajstić information content (AvgIpc) is 2.60. The number of aromatic amines is 1. The Morgan fingerprint density at radius 2 is 1.85 bits per heavy atom. The summed E-state index contributed by atoms with van der Waals surface area (Å²) in [7, 11) is 0. The first-order valence-electron chi connectivity index (χ1n) is 7.68. The second-order valence-electron chi connectivity index (χ2n) is 5.87. The van der Waals surface area contributed by atoms with Crippen LogP contribution in [0.3, 0.4) is 0 Å². The van der Waals surface area contributed by atoms with Crippen LogP contribution in [0, 0.1) is 23.0 Å². The number of allylic oxidation sites excluding steroid dienone is 1. The van der Waals surface area contributed by atoms with Crippen LogP contribution < -0.4 is 16.0 Å². The number of hydrogen-bond acceptors (Lipinski definition) is 4. The van der Waals surface area contributed by atoms with E-state index in [1.54, 1.807) is 24.3 Å². The first kappa shape index (κ1) is 15.8. The Labute approximate surface area is 145 Å². The number of ether oxygens (including phenoxy) is 1. The van der Waals surface area contributed by atoms with Crippen molar-refractivity contribution >= 4 is 10.9 Å². The number of nitrogens with one attached hydrogen (secondary N) is 1. The summed E-state index contributed by atoms with van der Waals surface area (Å²) in [4.78, 5) is 15.4. The number of aromatic nitrogens is 1. The molecule has 2 heterocycles. The van der Waals surface area contributed by atoms with E-state index in [1.807, 2.05) is 6.07 Å². The molecule has 0 spiro atoms. The first-order chi connectivity index (χ1) is 12.5. The van der Waals surface area contributed by atoms with Gasteiger partial charge in [0.1, 0.15) is 29.0 Å². The van der Waals surface area contributed by atoms with E-state index in [9.17, 15) is 18.8 Å². The van der Waals surface area contributed by atoms with Gasteiger partial charge in [-0.1, -0.05) is 12.1 Å². The number of nitriles is 1. The molecule has 3 N–H and O–H groups in total. The third-order valence-corrected chi connectivity index (χ3v) is 4.30. The number of para-hydroxylation sites is 1. The van der Waals surface area contributed by atoms with Crippen LogP contribution in [0.5, 0.6) is 5.75 Å². The van der Waals surface area contributed by atoms with Crippen molar-refractivity contribution in [3.8, 4) is 11.8 Å². The topological polar surface area (TPSA) is 91.9 Å². The molecular weight excluding hydrogens is 340 g/mol. The number of benzene rings is 2. The van der Waals surface area contributed by atoms with E-state index in [4.69, 9.17) is 10.5 Å². The van der Waals surface area contributed by atoms with Crippen LogP contribution >= 0.6 is 0 Å². The van der Waals surface area contributed by atoms with Crippen molar-refractivity contribution in [3.63, 3.8) is 0 Å². The second kappa shape index (κ2) is 5.70. The van der Waals surface area contributed by atoms with Gasteiger partial charge in [-0.05, 0) is 29.8 Å². The van der Waals surface area contributed by atoms with Crippen LogP contribution in [0.1, 0.15) is 17.0 Å². The molecule has 26 heavy (non-hydrogen) atoms. The highest BCUT2D eigenvalue weighted by molar-refractivity contribution is 5.87. The molecule has 128 valence electrons. The maximum atomic E-state index is 13.8. The van der Waals surface area contributed by atoms with Gasteiger partial charge in [0.05, 0.1) is 17.0 Å². The van der Waals surface area contributed by atoms with E-state index in [2.05, 4.69) is 4.98 Å². The van der Waals surface area contributed by atoms with Gasteiger partial charge < -0.3 is 15.5 Å². The number of hydrogen-bond donors (Lipinski definition) is 2. The predicted octanol–water partition coefficient (Wildman–Crippen LogP) is 3.02. The van der Waals surface area contributed by atoms with Crippen molar-refractivity contribution in [1.29, 1.82) is 5.26 Å². The Kier molecular flexibility index (Phi) is 3.48. The highest BCUT2D eigenvalue weighted by Gasteiger charge is 2.34. The number of pyridine rings is 1. The van der Waals surface area contributed by atoms with Gasteiger partial charge in [0, 0.05) is 11.5 Å². The van der Waals surface area contributed by atoms with Crippen LogP contribution in [0.25, 0.3) is 10.9 Å². The number of nitrogens with zero attached hydrogens (tertiary/aromatic N) is 1. The highest BCUT2D eigenvalue weighted by Crippen LogP contribution is 2.43. The number of halogens is 2. The minimum absolute atomic E-state index is 0.0803. The quantitative estimate of drug-likeness (QED) is 0.705. The zero-order chi connectivity index (χ0) is 18.4. The van der Waals surface area contributed by atoms with Crippen molar-refractivity contribution in [2.24, 2.45) is 5.73 Å². The number of H-pyrrole nitrogens is 1. The standard InChI is InChI=1S/C19H11F2N3O2/c20-10-5-9(6-11(21)7-10)15-13(8-22)18(23)26-17-12-3-1-2-4-14(12)24-19(25)16(15)17/h1-7,15H,23H2,(H,24,25). The van der Waals surface area contributed by atoms with Crippen molar-refractivity contribution in [3.05, 3.63) is 87.0 Å². The zero-order valence-corrected chi connectivity index (χ0v) is 13.2. The lowest BCUT2D eigenvalue weighted by Gasteiger charge is -2.26. The molecule has 0 fully saturated rings. The molecule has 0 amide bonds. The average molecular weight is 351 g/mol. The van der Waals surface area contributed by atoms with Gasteiger partial charge in [0.15, 0.2) is 0 Å². The molecule has 1 unspecified atom stereocenters. The molecule has 7 heteroatoms. The zero-order valence-electron chi connectivity index (χ0n) is 13.2. The van der Waals surface area contributed by atoms with E-state index in [-0.39, 0.29) is 28.3 Å². The minimum atomic E-state index is -1.04. The SMILES string of the molecule is N#CC1=C(N)Oc2c(c(=O)[nH]c3ccccc23)C1c1cc(F)cc(F)c1. The normalized spacial score (nSPS) is 16.1. The third kappa shape index (κ3) is 2.31. The molecule has 5 nitrogen and oxygen atoms in total. The molecule has 1 atom stereocenters. The molecule has 0 saturated carbocycles. The van der Waals surface area contributed by atoms with Crippen molar-refractivity contribution in [1.82, 2.24) is 4.98 Å². The largest absolute Gasteiger partial charge is 0.439 e. The lowest BCUT2D eigenvalue weighted by atomic mass is 9.83. The molecule has 1 aliphatic rings. The number of nitrogens with two attached hydrogens (primary N) is 1. The van der Waals surface area contributed by atoms with Gasteiger partial charge in [0.2, 0.25) is 5.88 Å². The summed E-state index contributed by atoms with van der Waals surface area (Å²) in [5.41, 5.74) is 5.99. The fraction of sp³-hybridized carbons (Fsp3) is 0.0526. The monoisotopic (exact) mass is 351 g/mol. The molecule has 4 rings (SSSR count). The molecule has 0 saturated heterocycles. The fourth-order valence-electron chi connectivity index (χ4n) is 3.25. The summed E-state index contributed by atoms with van der Waals surface area (Å²) in [6.07, 6.45) is 0. The Hall–Kier alpha value is -3.66. The van der Waals surface area contributed by atoms with Gasteiger partial charge >= 0.3 is 0 Å². The fourth-order valence-corrected chi connectivity index (χ4v) is 3.25. The summed E-state index contributed by atoms with van der Waals surface area (Å²) >= 11 is 0. The van der Waals surface area contributed by atoms with Crippen LogP contribution in [-0.2, 0) is 0 Å². The van der Waals surface area contributed by atoms with Crippen LogP contribution in [-0.4, -0.2) is 4.98 Å². The molecular formula is C19H11F2N3O2. The first-order valence-corrected chi connectivity index (χ1v) is 7.68. The molecule has 0 bridgehead atoms. The van der Waals surface area contributed by atoms with E-state index >= 15 is 0 Å². The highest BCUT2D eigenvalue weighted by atomic mass is 19.1. The summed E-state index contributed by atoms with van der Waals surface area (Å²) in [5, 5.41) is 10.1. The van der Waals surface area contributed by atoms with E-state index in [0.717, 1.165) is 12.1 Å². The Balaban J connectivity index is 2.10. The van der Waals surface area contributed by atoms with Crippen LogP contribution in [0.2, 0.25) is 0 Å². The van der Waals surface area contributed by atoms with E-state index in [1.165, 1.54) is 0 Å². The van der Waals surface area contributed by atoms with Crippen LogP contribution in [0.4, 0.5) is 8.78 Å². The van der Waals surface area contributed by atoms with E-state index < -0.39 is 23.1 Å². The van der Waals surface area contributed by atoms with Crippen molar-refractivity contribution < 1.29 is 13.5 Å². The van der Waals surface area contributed by atoms with Gasteiger partial charge in [-0.15, -0.1) is 0 Å². The van der Waals surface area contributed by atoms with Gasteiger partial charge in [-0.25, -0.2) is 8.78 Å². The minimum Gasteiger partial charge on any atom is -0.439 e. The van der Waals surface area contributed by atoms with Gasteiger partial charge in [0.25, 0.3) is 5.56 Å². The Morgan fingerprint density at radius 3 is 2.54 bits per heavy atom. The smallest absolute Gasteiger partial charge is 0.256 e. The lowest BCUT2D eigenvalue weighted by Crippen LogP contribution is -2.28. The molecule has 0 aliphatic carbocycles. The summed E-state index contributed by atoms with van der Waals surface area (Å²) in [5.74, 6) is -2.70. The Bertz CT molecular complexity index is 1170. The van der Waals surface area contributed by atoms with Crippen molar-refractivity contribution in [2.75, 3.05) is 0 Å². The predicted molar refractivity (Wildman–Crippen MR) is 90.2 cm³/mol. The van der Waals surface area contributed by atoms with Gasteiger partial charge in [-0.2, -0.15) is 5.26 Å². The van der Waals surface area contributed by atoms with Crippen LogP contribution in [0.15, 0.2) is 58.7 Å². The Morgan fingerprint density at radius 1 is 1.15 bits per heavy atom. The second-order valence-corrected chi connectivity index (χ2v) is 5.87. The number of rotatable bonds is 1. The van der Waals surface area contributed by atoms with E-state index in [0.29, 0.717) is 17.0 Å². The maximum absolute atomic E-state index is 13.8. The summed E-state index contributed by atoms with van der Waals surface area (Å²) in [6.45, 7) is 0. The molecule has 3 aromatic rings. The van der Waals surface area contributed by atoms with Crippen molar-refractivity contribution in [2.45, 2.75) is 5.92 Å². The molecule has 1 aromatic heterocycles. The summed E-state index contributed by atoms with van der Waals surface area (Å²) < 4.78 is 33.1. The molecule has 0 radical (unpaired) electrons. The molecule has 1 aliphatic heterocycles.